The van der Waals surface area contributed by atoms with Crippen LogP contribution in [0.4, 0.5) is 0 Å². The Morgan fingerprint density at radius 1 is 1.31 bits per heavy atom. The van der Waals surface area contributed by atoms with Gasteiger partial charge in [0.05, 0.1) is 19.8 Å². The van der Waals surface area contributed by atoms with Gasteiger partial charge in [0.15, 0.2) is 11.9 Å². The first-order valence-electron chi connectivity index (χ1n) is 8.98. The molecule has 2 aromatic rings. The molecule has 2 aliphatic rings. The summed E-state index contributed by atoms with van der Waals surface area (Å²) in [5.74, 6) is 2.34. The fraction of sp³-hybridized carbons (Fsp3) is 0.526. The molecule has 0 N–H and O–H groups in total. The zero-order valence-electron chi connectivity index (χ0n) is 15.3. The number of methoxy groups -OCH3 is 1. The largest absolute Gasteiger partial charge is 0.496 e. The minimum absolute atomic E-state index is 0.00839. The van der Waals surface area contributed by atoms with E-state index >= 15 is 0 Å². The minimum atomic E-state index is -0.398. The maximum absolute atomic E-state index is 13.1. The minimum Gasteiger partial charge on any atom is -0.496 e. The molecule has 0 spiro atoms. The Labute approximate surface area is 152 Å². The molecule has 4 rings (SSSR count). The van der Waals surface area contributed by atoms with E-state index < -0.39 is 6.10 Å². The molecule has 7 nitrogen and oxygen atoms in total. The molecule has 0 unspecified atom stereocenters. The van der Waals surface area contributed by atoms with Crippen molar-refractivity contribution in [3.05, 3.63) is 41.0 Å². The standard InChI is InChI=1S/C19H23N3O4/c1-11-9-22(10-17(25-11)18-20-12(2)21-26-18)19(23)14-6-7-16(24-3)15(8-14)13-4-5-13/h6-8,11,13,17H,4-5,9-10H2,1-3H3/t11-,17-/m1/s1. The summed E-state index contributed by atoms with van der Waals surface area (Å²) in [7, 11) is 1.67. The van der Waals surface area contributed by atoms with Crippen LogP contribution in [0.25, 0.3) is 0 Å². The average molecular weight is 357 g/mol. The van der Waals surface area contributed by atoms with Gasteiger partial charge in [0.25, 0.3) is 11.8 Å². The Morgan fingerprint density at radius 3 is 2.77 bits per heavy atom. The monoisotopic (exact) mass is 357 g/mol. The molecule has 2 fully saturated rings. The molecular formula is C19H23N3O4. The quantitative estimate of drug-likeness (QED) is 0.837. The third-order valence-corrected chi connectivity index (χ3v) is 4.86. The van der Waals surface area contributed by atoms with Crippen molar-refractivity contribution < 1.29 is 18.8 Å². The molecule has 1 aromatic heterocycles. The van der Waals surface area contributed by atoms with E-state index in [1.807, 2.05) is 25.1 Å². The van der Waals surface area contributed by atoms with Gasteiger partial charge < -0.3 is 18.9 Å². The number of carbonyl (C=O) groups excluding carboxylic acids is 1. The van der Waals surface area contributed by atoms with Gasteiger partial charge in [-0.2, -0.15) is 4.98 Å². The van der Waals surface area contributed by atoms with Crippen LogP contribution in [-0.4, -0.2) is 47.3 Å². The summed E-state index contributed by atoms with van der Waals surface area (Å²) < 4.78 is 16.6. The van der Waals surface area contributed by atoms with E-state index in [9.17, 15) is 4.79 Å². The van der Waals surface area contributed by atoms with Gasteiger partial charge in [0, 0.05) is 12.1 Å². The van der Waals surface area contributed by atoms with Gasteiger partial charge in [-0.25, -0.2) is 0 Å². The van der Waals surface area contributed by atoms with Crippen molar-refractivity contribution >= 4 is 5.91 Å². The number of nitrogens with zero attached hydrogens (tertiary/aromatic N) is 3. The number of aryl methyl sites for hydroxylation is 1. The maximum atomic E-state index is 13.1. The van der Waals surface area contributed by atoms with Gasteiger partial charge in [-0.3, -0.25) is 4.79 Å². The first kappa shape index (κ1) is 17.0. The smallest absolute Gasteiger partial charge is 0.257 e. The Bertz CT molecular complexity index is 815. The fourth-order valence-electron chi connectivity index (χ4n) is 3.46. The van der Waals surface area contributed by atoms with Crippen LogP contribution in [0.1, 0.15) is 59.4 Å². The molecule has 1 aromatic carbocycles. The fourth-order valence-corrected chi connectivity index (χ4v) is 3.46. The second-order valence-corrected chi connectivity index (χ2v) is 7.06. The molecule has 7 heteroatoms. The second kappa shape index (κ2) is 6.72. The topological polar surface area (TPSA) is 77.7 Å². The van der Waals surface area contributed by atoms with Crippen LogP contribution < -0.4 is 4.74 Å². The molecule has 2 atom stereocenters. The number of amides is 1. The Morgan fingerprint density at radius 2 is 2.12 bits per heavy atom. The van der Waals surface area contributed by atoms with E-state index in [0.29, 0.717) is 36.3 Å². The maximum Gasteiger partial charge on any atom is 0.257 e. The molecule has 1 aliphatic carbocycles. The first-order chi connectivity index (χ1) is 12.5. The first-order valence-corrected chi connectivity index (χ1v) is 8.98. The highest BCUT2D eigenvalue weighted by Crippen LogP contribution is 2.44. The predicted molar refractivity (Wildman–Crippen MR) is 93.2 cm³/mol. The molecule has 26 heavy (non-hydrogen) atoms. The normalized spacial score (nSPS) is 23.1. The number of ether oxygens (including phenoxy) is 2. The third-order valence-electron chi connectivity index (χ3n) is 4.86. The number of carbonyl (C=O) groups is 1. The zero-order chi connectivity index (χ0) is 18.3. The molecular weight excluding hydrogens is 334 g/mol. The van der Waals surface area contributed by atoms with Crippen LogP contribution in [0.5, 0.6) is 5.75 Å². The van der Waals surface area contributed by atoms with Gasteiger partial charge in [-0.15, -0.1) is 0 Å². The summed E-state index contributed by atoms with van der Waals surface area (Å²) in [4.78, 5) is 19.1. The summed E-state index contributed by atoms with van der Waals surface area (Å²) in [5, 5.41) is 3.82. The van der Waals surface area contributed by atoms with Crippen molar-refractivity contribution in [1.82, 2.24) is 15.0 Å². The van der Waals surface area contributed by atoms with Crippen molar-refractivity contribution in [3.63, 3.8) is 0 Å². The van der Waals surface area contributed by atoms with Crippen LogP contribution in [-0.2, 0) is 4.74 Å². The molecule has 1 saturated carbocycles. The highest BCUT2D eigenvalue weighted by Gasteiger charge is 2.34. The number of morpholine rings is 1. The van der Waals surface area contributed by atoms with Crippen LogP contribution in [0.2, 0.25) is 0 Å². The van der Waals surface area contributed by atoms with E-state index in [2.05, 4.69) is 10.1 Å². The van der Waals surface area contributed by atoms with Gasteiger partial charge in [0.1, 0.15) is 5.75 Å². The Balaban J connectivity index is 1.56. The lowest BCUT2D eigenvalue weighted by atomic mass is 10.0. The summed E-state index contributed by atoms with van der Waals surface area (Å²) in [6.45, 7) is 4.64. The van der Waals surface area contributed by atoms with Crippen molar-refractivity contribution in [1.29, 1.82) is 0 Å². The number of hydrogen-bond acceptors (Lipinski definition) is 6. The van der Waals surface area contributed by atoms with Crippen molar-refractivity contribution in [2.45, 2.75) is 44.8 Å². The molecule has 1 saturated heterocycles. The number of hydrogen-bond donors (Lipinski definition) is 0. The van der Waals surface area contributed by atoms with Gasteiger partial charge in [-0.1, -0.05) is 5.16 Å². The SMILES string of the molecule is COc1ccc(C(=O)N2C[C@@H](C)O[C@@H](c3nc(C)no3)C2)cc1C1CC1. The Kier molecular flexibility index (Phi) is 4.40. The van der Waals surface area contributed by atoms with Gasteiger partial charge >= 0.3 is 0 Å². The third kappa shape index (κ3) is 3.31. The molecule has 0 radical (unpaired) electrons. The van der Waals surface area contributed by atoms with E-state index in [0.717, 1.165) is 24.2 Å². The van der Waals surface area contributed by atoms with Crippen LogP contribution in [0, 0.1) is 6.92 Å². The molecule has 2 heterocycles. The summed E-state index contributed by atoms with van der Waals surface area (Å²) >= 11 is 0. The summed E-state index contributed by atoms with van der Waals surface area (Å²) in [5.41, 5.74) is 1.81. The van der Waals surface area contributed by atoms with Crippen LogP contribution in [0.15, 0.2) is 22.7 Å². The van der Waals surface area contributed by atoms with E-state index in [4.69, 9.17) is 14.0 Å². The van der Waals surface area contributed by atoms with Crippen molar-refractivity contribution in [2.24, 2.45) is 0 Å². The molecule has 138 valence electrons. The van der Waals surface area contributed by atoms with Crippen molar-refractivity contribution in [3.8, 4) is 5.75 Å². The highest BCUT2D eigenvalue weighted by molar-refractivity contribution is 5.94. The lowest BCUT2D eigenvalue weighted by molar-refractivity contribution is -0.0810. The molecule has 1 amide bonds. The lowest BCUT2D eigenvalue weighted by Crippen LogP contribution is -2.46. The summed E-state index contributed by atoms with van der Waals surface area (Å²) in [6.07, 6.45) is 1.80. The predicted octanol–water partition coefficient (Wildman–Crippen LogP) is 2.87. The number of benzene rings is 1. The molecule has 1 aliphatic heterocycles. The van der Waals surface area contributed by atoms with E-state index in [1.54, 1.807) is 18.9 Å². The Hall–Kier alpha value is -2.41. The average Bonchev–Trinajstić information content (AvgIpc) is 3.40. The number of aromatic nitrogens is 2. The van der Waals surface area contributed by atoms with Crippen molar-refractivity contribution in [2.75, 3.05) is 20.2 Å². The number of rotatable bonds is 4. The van der Waals surface area contributed by atoms with Crippen LogP contribution in [0.3, 0.4) is 0 Å². The van der Waals surface area contributed by atoms with Gasteiger partial charge in [-0.05, 0) is 56.4 Å². The van der Waals surface area contributed by atoms with Crippen LogP contribution >= 0.6 is 0 Å². The van der Waals surface area contributed by atoms with E-state index in [1.165, 1.54) is 0 Å². The summed E-state index contributed by atoms with van der Waals surface area (Å²) in [6, 6.07) is 5.70. The zero-order valence-corrected chi connectivity index (χ0v) is 15.3. The lowest BCUT2D eigenvalue weighted by Gasteiger charge is -2.35. The van der Waals surface area contributed by atoms with E-state index in [-0.39, 0.29) is 12.0 Å². The van der Waals surface area contributed by atoms with Gasteiger partial charge in [0.2, 0.25) is 0 Å². The molecule has 0 bridgehead atoms. The second-order valence-electron chi connectivity index (χ2n) is 7.06. The highest BCUT2D eigenvalue weighted by atomic mass is 16.5.